The van der Waals surface area contributed by atoms with Crippen LogP contribution in [-0.4, -0.2) is 57.1 Å². The van der Waals surface area contributed by atoms with E-state index >= 15 is 0 Å². The van der Waals surface area contributed by atoms with Crippen LogP contribution in [0.15, 0.2) is 164 Å². The van der Waals surface area contributed by atoms with Gasteiger partial charge in [-0.2, -0.15) is 0 Å². The van der Waals surface area contributed by atoms with E-state index in [0.29, 0.717) is 93.4 Å². The molecule has 0 aliphatic rings. The monoisotopic (exact) mass is 1690 g/mol. The molecule has 0 amide bonds. The number of anilines is 4. The lowest BCUT2D eigenvalue weighted by Gasteiger charge is -2.18. The molecule has 8 aromatic rings. The van der Waals surface area contributed by atoms with E-state index in [2.05, 4.69) is 65.5 Å². The summed E-state index contributed by atoms with van der Waals surface area (Å²) in [5.74, 6) is 3.31. The average Bonchev–Trinajstić information content (AvgIpc) is 0.964. The number of carbonyl (C=O) groups excluding carboxylic acids is 1. The van der Waals surface area contributed by atoms with Gasteiger partial charge in [-0.1, -0.05) is 114 Å². The molecule has 0 spiro atoms. The summed E-state index contributed by atoms with van der Waals surface area (Å²) in [5, 5.41) is 0.642. The number of thiocarbonyl (C=S) groups is 3. The summed E-state index contributed by atoms with van der Waals surface area (Å²) in [4.78, 5) is 11.6. The molecule has 4 aromatic heterocycles. The number of benzene rings is 4. The maximum atomic E-state index is 11.6. The van der Waals surface area contributed by atoms with E-state index in [0.717, 1.165) is 39.7 Å². The lowest BCUT2D eigenvalue weighted by Crippen LogP contribution is -2.07. The van der Waals surface area contributed by atoms with E-state index in [-0.39, 0.29) is 56.2 Å². The van der Waals surface area contributed by atoms with Crippen molar-refractivity contribution >= 4 is 249 Å². The molecule has 0 radical (unpaired) electrons. The Morgan fingerprint density at radius 2 is 0.704 bits per heavy atom. The standard InChI is InChI=1S/C13H11Cl2NO3S2.C13H12ClNO4S2.2C13H12ClNO3S3.2C4H8.CH4.CH3.Cl2OS/c14-11-6-8(3-4-9-2-1-5-19-9)10(13(15)20)7-12(11)16-21(17)18;14-11-6-8(3-4-9-2-1-5-19-9)10(13(16)20)7-12(11)15-21(17)18;2*14-11-6-8(3-4-9-2-1-5-18-9)10(13(19)20)7-12(11)15-21(16)17;2*1-3-4-2;;;1-4(2)3/h1-2,5-7,16H,3-4H2,(H,17,18);1-2,5-7,15H,3-4H2,(H,16,20)(H,17,18);2*1-2,5-7,15H,3-4H2,(H,16,17)(H,19,20);2*3-4H,1-2H3;1H4;1H3;/q;;;;;;;+1;/p-5. The van der Waals surface area contributed by atoms with E-state index < -0.39 is 59.4 Å². The van der Waals surface area contributed by atoms with E-state index in [1.54, 1.807) is 67.5 Å². The molecule has 8 rings (SSSR count). The smallest absolute Gasteiger partial charge is 0.216 e. The Bertz CT molecular complexity index is 3450. The molecule has 0 aliphatic heterocycles. The van der Waals surface area contributed by atoms with Crippen molar-refractivity contribution in [2.24, 2.45) is 0 Å². The summed E-state index contributed by atoms with van der Waals surface area (Å²) >= 11 is 48.4. The van der Waals surface area contributed by atoms with Gasteiger partial charge in [0.15, 0.2) is 0 Å². The number of nitrogens with one attached hydrogen (secondary N) is 4. The van der Waals surface area contributed by atoms with Gasteiger partial charge in [-0.25, -0.2) is 4.21 Å². The highest BCUT2D eigenvalue weighted by atomic mass is 36.0. The molecule has 536 valence electrons. The highest BCUT2D eigenvalue weighted by Gasteiger charge is 2.17. The van der Waals surface area contributed by atoms with Crippen molar-refractivity contribution in [3.05, 3.63) is 241 Å². The number of hydrogen-bond acceptors (Lipinski definition) is 18. The SMILES string of the molecule is C.CC=CC.CC=CC.O=C(S)c1cc(NS(=O)[O-])c(Cl)cc1CCc1ccco1.O=S(Cl)Cl.O=S([O-])Nc1cc(C(=S)Cl)c(CCc2ccco2)cc1Cl.O=S([O-])Nc1cc(C(=S)S)c(CCc2ccco2)cc1Cl.O=S([O-])Nc1cc(C(=S)[S-])c(CCc2ccco2)cc1Cl.[CH3+]. The number of furan rings is 4. The van der Waals surface area contributed by atoms with Gasteiger partial charge in [0.05, 0.1) is 72.1 Å². The molecule has 4 heterocycles. The zero-order valence-electron chi connectivity index (χ0n) is 51.4. The highest BCUT2D eigenvalue weighted by molar-refractivity contribution is 8.26. The molecule has 98 heavy (non-hydrogen) atoms. The van der Waals surface area contributed by atoms with Crippen LogP contribution in [-0.2, 0) is 118 Å². The Labute approximate surface area is 650 Å². The number of rotatable bonds is 24. The van der Waals surface area contributed by atoms with E-state index in [9.17, 15) is 39.8 Å². The van der Waals surface area contributed by atoms with Gasteiger partial charge in [-0.3, -0.25) is 21.6 Å². The summed E-state index contributed by atoms with van der Waals surface area (Å²) in [5.41, 5.74) is 6.37. The maximum absolute atomic E-state index is 11.6. The Morgan fingerprint density at radius 3 is 0.918 bits per heavy atom. The molecular formula is C62H65Cl7N4O14S11-4. The van der Waals surface area contributed by atoms with Crippen LogP contribution in [0.5, 0.6) is 0 Å². The van der Waals surface area contributed by atoms with Gasteiger partial charge in [-0.15, -0.1) is 29.5 Å². The quantitative estimate of drug-likeness (QED) is 0.00623. The van der Waals surface area contributed by atoms with Crippen LogP contribution < -0.4 is 18.9 Å². The first kappa shape index (κ1) is 94.0. The molecule has 0 saturated carbocycles. The summed E-state index contributed by atoms with van der Waals surface area (Å²) in [6, 6.07) is 27.3. The van der Waals surface area contributed by atoms with E-state index in [1.165, 1.54) is 12.1 Å². The second kappa shape index (κ2) is 52.1. The van der Waals surface area contributed by atoms with Gasteiger partial charge < -0.3 is 79.6 Å². The Balaban J connectivity index is 0.00000120. The fraction of sp³-hybridized carbons (Fsp3) is 0.210. The molecule has 18 nitrogen and oxygen atoms in total. The third-order valence-corrected chi connectivity index (χ3v) is 16.3. The van der Waals surface area contributed by atoms with Crippen molar-refractivity contribution in [1.29, 1.82) is 0 Å². The van der Waals surface area contributed by atoms with Gasteiger partial charge in [0.25, 0.3) is 0 Å². The minimum atomic E-state index is -2.52. The average molecular weight is 1690 g/mol. The summed E-state index contributed by atoms with van der Waals surface area (Å²) in [6.07, 6.45) is 19.5. The fourth-order valence-corrected chi connectivity index (χ4v) is 11.5. The van der Waals surface area contributed by atoms with Crippen LogP contribution in [0, 0.1) is 7.43 Å². The molecule has 0 saturated heterocycles. The topological polar surface area (TPSA) is 295 Å². The van der Waals surface area contributed by atoms with Crippen LogP contribution in [0.4, 0.5) is 22.7 Å². The second-order valence-electron chi connectivity index (χ2n) is 18.3. The van der Waals surface area contributed by atoms with Crippen LogP contribution in [0.25, 0.3) is 0 Å². The zero-order valence-corrected chi connectivity index (χ0v) is 65.9. The van der Waals surface area contributed by atoms with Crippen molar-refractivity contribution in [3.63, 3.8) is 0 Å². The number of thiol groups is 2. The van der Waals surface area contributed by atoms with E-state index in [1.807, 2.05) is 94.5 Å². The third-order valence-electron chi connectivity index (χ3n) is 12.0. The van der Waals surface area contributed by atoms with Gasteiger partial charge in [0, 0.05) is 116 Å². The fourth-order valence-electron chi connectivity index (χ4n) is 7.58. The number of halogens is 7. The van der Waals surface area contributed by atoms with Crippen molar-refractivity contribution in [2.75, 3.05) is 18.9 Å². The molecule has 4 aromatic carbocycles. The molecule has 4 unspecified atom stereocenters. The molecule has 0 fully saturated rings. The Hall–Kier alpha value is -3.97. The third kappa shape index (κ3) is 37.8. The number of aryl methyl sites for hydroxylation is 8. The predicted molar refractivity (Wildman–Crippen MR) is 425 cm³/mol. The van der Waals surface area contributed by atoms with Crippen LogP contribution in [0.1, 0.15) is 107 Å². The molecule has 4 atom stereocenters. The van der Waals surface area contributed by atoms with Gasteiger partial charge in [0.1, 0.15) is 27.4 Å². The highest BCUT2D eigenvalue weighted by Crippen LogP contribution is 2.33. The van der Waals surface area contributed by atoms with Crippen LogP contribution >= 0.6 is 141 Å². The minimum absolute atomic E-state index is 0. The van der Waals surface area contributed by atoms with Crippen LogP contribution in [0.2, 0.25) is 20.1 Å². The molecule has 36 heteroatoms. The molecule has 4 N–H and O–H groups in total. The van der Waals surface area contributed by atoms with Gasteiger partial charge >= 0.3 is 0 Å². The number of hydrogen-bond donors (Lipinski definition) is 6. The Kier molecular flexibility index (Phi) is 49.9. The largest absolute Gasteiger partial charge is 0.755 e. The molecule has 0 bridgehead atoms. The van der Waals surface area contributed by atoms with E-state index in [4.69, 9.17) is 129 Å². The Morgan fingerprint density at radius 1 is 0.469 bits per heavy atom. The second-order valence-corrected chi connectivity index (χ2v) is 28.8. The van der Waals surface area contributed by atoms with Crippen LogP contribution in [0.3, 0.4) is 0 Å². The van der Waals surface area contributed by atoms with Crippen molar-refractivity contribution < 1.29 is 61.7 Å². The summed E-state index contributed by atoms with van der Waals surface area (Å²) in [6.45, 7) is 8.00. The summed E-state index contributed by atoms with van der Waals surface area (Å²) in [7, 11) is 7.36. The number of carbonyl (C=O) groups is 1. The minimum Gasteiger partial charge on any atom is -0.755 e. The first-order valence-electron chi connectivity index (χ1n) is 27.0. The molecular weight excluding hydrogens is 1630 g/mol. The van der Waals surface area contributed by atoms with Gasteiger partial charge in [-0.05, 0) is 178 Å². The maximum Gasteiger partial charge on any atom is 0.216 e. The summed E-state index contributed by atoms with van der Waals surface area (Å²) < 4.78 is 125. The first-order chi connectivity index (χ1) is 45.4. The van der Waals surface area contributed by atoms with Crippen molar-refractivity contribution in [1.82, 2.24) is 0 Å². The van der Waals surface area contributed by atoms with Crippen molar-refractivity contribution in [3.8, 4) is 0 Å². The van der Waals surface area contributed by atoms with Crippen molar-refractivity contribution in [2.45, 2.75) is 86.5 Å². The first-order valence-corrected chi connectivity index (χ1v) is 38.6. The lowest BCUT2D eigenvalue weighted by atomic mass is 10.0. The predicted octanol–water partition coefficient (Wildman–Crippen LogP) is 18.8. The zero-order chi connectivity index (χ0) is 72.0. The van der Waals surface area contributed by atoms with Gasteiger partial charge in [0.2, 0.25) is 14.3 Å². The lowest BCUT2D eigenvalue weighted by molar-refractivity contribution is 0.109. The number of allylic oxidation sites excluding steroid dienone is 4. The molecule has 0 aliphatic carbocycles. The normalized spacial score (nSPS) is 11.5.